The van der Waals surface area contributed by atoms with Gasteiger partial charge >= 0.3 is 12.0 Å². The van der Waals surface area contributed by atoms with E-state index in [1.165, 1.54) is 24.3 Å². The van der Waals surface area contributed by atoms with Gasteiger partial charge in [-0.25, -0.2) is 13.2 Å². The summed E-state index contributed by atoms with van der Waals surface area (Å²) < 4.78 is 27.6. The molecule has 0 radical (unpaired) electrons. The minimum Gasteiger partial charge on any atom is -0.480 e. The van der Waals surface area contributed by atoms with Crippen molar-refractivity contribution in [2.75, 3.05) is 5.32 Å². The number of halogens is 1. The van der Waals surface area contributed by atoms with Crippen molar-refractivity contribution in [1.29, 1.82) is 0 Å². The Labute approximate surface area is 230 Å². The SMILES string of the molecule is O=C(NCc1cccnc1)Nc1cccc(-c2ccc(CC(NS(=O)(=O)c3ccc(Cl)cc3)C(=O)O)cc2)c1. The summed E-state index contributed by atoms with van der Waals surface area (Å²) in [5.74, 6) is -1.29. The number of carboxylic acid groups (broad SMARTS) is 1. The lowest BCUT2D eigenvalue weighted by Gasteiger charge is -2.15. The summed E-state index contributed by atoms with van der Waals surface area (Å²) >= 11 is 5.81. The maximum atomic E-state index is 12.7. The predicted octanol–water partition coefficient (Wildman–Crippen LogP) is 4.70. The number of rotatable bonds is 10. The molecule has 0 bridgehead atoms. The molecule has 200 valence electrons. The van der Waals surface area contributed by atoms with E-state index in [4.69, 9.17) is 11.6 Å². The van der Waals surface area contributed by atoms with Crippen molar-refractivity contribution in [3.05, 3.63) is 113 Å². The molecule has 2 amide bonds. The van der Waals surface area contributed by atoms with Crippen LogP contribution in [-0.4, -0.2) is 36.6 Å². The van der Waals surface area contributed by atoms with Gasteiger partial charge in [0.25, 0.3) is 0 Å². The summed E-state index contributed by atoms with van der Waals surface area (Å²) in [6.07, 6.45) is 3.29. The first-order valence-corrected chi connectivity index (χ1v) is 13.7. The quantitative estimate of drug-likeness (QED) is 0.220. The highest BCUT2D eigenvalue weighted by Gasteiger charge is 2.25. The van der Waals surface area contributed by atoms with Crippen LogP contribution in [-0.2, 0) is 27.8 Å². The van der Waals surface area contributed by atoms with Gasteiger partial charge in [0, 0.05) is 29.6 Å². The summed E-state index contributed by atoms with van der Waals surface area (Å²) in [4.78, 5) is 28.1. The van der Waals surface area contributed by atoms with Crippen molar-refractivity contribution < 1.29 is 23.1 Å². The van der Waals surface area contributed by atoms with Gasteiger partial charge < -0.3 is 15.7 Å². The number of amides is 2. The summed E-state index contributed by atoms with van der Waals surface area (Å²) in [5.41, 5.74) is 3.79. The Morgan fingerprint density at radius 1 is 0.897 bits per heavy atom. The lowest BCUT2D eigenvalue weighted by molar-refractivity contribution is -0.138. The molecule has 1 heterocycles. The van der Waals surface area contributed by atoms with Gasteiger partial charge in [0.2, 0.25) is 10.0 Å². The standard InChI is InChI=1S/C28H25ClN4O5S/c29-23-10-12-25(13-11-23)39(37,38)33-26(27(34)35)15-19-6-8-21(9-7-19)22-4-1-5-24(16-22)32-28(36)31-18-20-3-2-14-30-17-20/h1-14,16-17,26,33H,15,18H2,(H,34,35)(H2,31,32,36). The number of sulfonamides is 1. The molecule has 0 saturated heterocycles. The number of carboxylic acids is 1. The fourth-order valence-corrected chi connectivity index (χ4v) is 5.07. The van der Waals surface area contributed by atoms with Crippen molar-refractivity contribution >= 4 is 39.3 Å². The van der Waals surface area contributed by atoms with Gasteiger partial charge in [-0.15, -0.1) is 0 Å². The molecule has 1 aromatic heterocycles. The van der Waals surface area contributed by atoms with Crippen molar-refractivity contribution in [3.8, 4) is 11.1 Å². The Bertz CT molecular complexity index is 1550. The Hall–Kier alpha value is -4.25. The Balaban J connectivity index is 1.39. The van der Waals surface area contributed by atoms with E-state index in [1.54, 1.807) is 36.7 Å². The van der Waals surface area contributed by atoms with Crippen molar-refractivity contribution in [1.82, 2.24) is 15.0 Å². The van der Waals surface area contributed by atoms with Gasteiger partial charge in [0.15, 0.2) is 0 Å². The zero-order valence-corrected chi connectivity index (χ0v) is 22.1. The Morgan fingerprint density at radius 2 is 1.64 bits per heavy atom. The third-order valence-corrected chi connectivity index (χ3v) is 7.48. The third kappa shape index (κ3) is 7.87. The minimum atomic E-state index is -4.06. The molecule has 0 fully saturated rings. The minimum absolute atomic E-state index is 0.0544. The van der Waals surface area contributed by atoms with Crippen LogP contribution >= 0.6 is 11.6 Å². The smallest absolute Gasteiger partial charge is 0.322 e. The zero-order valence-electron chi connectivity index (χ0n) is 20.5. The van der Waals surface area contributed by atoms with Crippen LogP contribution in [0.2, 0.25) is 5.02 Å². The maximum absolute atomic E-state index is 12.7. The van der Waals surface area contributed by atoms with Crippen LogP contribution in [0, 0.1) is 0 Å². The van der Waals surface area contributed by atoms with Crippen LogP contribution in [0.15, 0.2) is 102 Å². The van der Waals surface area contributed by atoms with Crippen LogP contribution in [0.25, 0.3) is 11.1 Å². The molecule has 0 aliphatic heterocycles. The van der Waals surface area contributed by atoms with Gasteiger partial charge in [-0.3, -0.25) is 9.78 Å². The highest BCUT2D eigenvalue weighted by Crippen LogP contribution is 2.24. The monoisotopic (exact) mass is 564 g/mol. The first-order chi connectivity index (χ1) is 18.7. The normalized spacial score (nSPS) is 11.9. The molecule has 39 heavy (non-hydrogen) atoms. The van der Waals surface area contributed by atoms with Crippen LogP contribution in [0.3, 0.4) is 0 Å². The summed E-state index contributed by atoms with van der Waals surface area (Å²) in [6, 6.07) is 21.8. The first kappa shape index (κ1) is 27.8. The zero-order chi connectivity index (χ0) is 27.8. The van der Waals surface area contributed by atoms with Gasteiger partial charge in [-0.2, -0.15) is 4.72 Å². The number of nitrogens with one attached hydrogen (secondary N) is 3. The molecular formula is C28H25ClN4O5S. The Kier molecular flexibility index (Phi) is 8.92. The van der Waals surface area contributed by atoms with E-state index in [9.17, 15) is 23.1 Å². The van der Waals surface area contributed by atoms with E-state index in [1.807, 2.05) is 36.4 Å². The van der Waals surface area contributed by atoms with Crippen LogP contribution < -0.4 is 15.4 Å². The topological polar surface area (TPSA) is 137 Å². The van der Waals surface area contributed by atoms with Gasteiger partial charge in [-0.1, -0.05) is 54.1 Å². The van der Waals surface area contributed by atoms with Gasteiger partial charge in [-0.05, 0) is 71.1 Å². The highest BCUT2D eigenvalue weighted by atomic mass is 35.5. The second-order valence-electron chi connectivity index (χ2n) is 8.62. The number of aliphatic carboxylic acids is 1. The number of urea groups is 1. The fraction of sp³-hybridized carbons (Fsp3) is 0.107. The van der Waals surface area contributed by atoms with Crippen LogP contribution in [0.5, 0.6) is 0 Å². The van der Waals surface area contributed by atoms with Crippen LogP contribution in [0.1, 0.15) is 11.1 Å². The molecule has 0 spiro atoms. The van der Waals surface area contributed by atoms with Crippen molar-refractivity contribution in [2.45, 2.75) is 23.9 Å². The number of aromatic nitrogens is 1. The number of benzene rings is 3. The van der Waals surface area contributed by atoms with Gasteiger partial charge in [0.05, 0.1) is 4.90 Å². The first-order valence-electron chi connectivity index (χ1n) is 11.8. The number of anilines is 1. The highest BCUT2D eigenvalue weighted by molar-refractivity contribution is 7.89. The molecule has 1 atom stereocenters. The summed E-state index contributed by atoms with van der Waals surface area (Å²) in [7, 11) is -4.06. The average molecular weight is 565 g/mol. The lowest BCUT2D eigenvalue weighted by Crippen LogP contribution is -2.42. The summed E-state index contributed by atoms with van der Waals surface area (Å²) in [5, 5.41) is 15.6. The molecule has 3 aromatic carbocycles. The van der Waals surface area contributed by atoms with E-state index in [0.717, 1.165) is 16.7 Å². The lowest BCUT2D eigenvalue weighted by atomic mass is 10.0. The number of carbonyl (C=O) groups excluding carboxylic acids is 1. The largest absolute Gasteiger partial charge is 0.480 e. The molecular weight excluding hydrogens is 540 g/mol. The van der Waals surface area contributed by atoms with E-state index in [2.05, 4.69) is 20.3 Å². The second-order valence-corrected chi connectivity index (χ2v) is 10.8. The van der Waals surface area contributed by atoms with Crippen LogP contribution in [0.4, 0.5) is 10.5 Å². The fourth-order valence-electron chi connectivity index (χ4n) is 3.75. The molecule has 0 aliphatic rings. The molecule has 1 unspecified atom stereocenters. The third-order valence-electron chi connectivity index (χ3n) is 5.74. The summed E-state index contributed by atoms with van der Waals surface area (Å²) in [6.45, 7) is 0.341. The van der Waals surface area contributed by atoms with E-state index in [0.29, 0.717) is 22.8 Å². The van der Waals surface area contributed by atoms with E-state index >= 15 is 0 Å². The molecule has 0 saturated carbocycles. The number of hydrogen-bond acceptors (Lipinski definition) is 5. The second kappa shape index (κ2) is 12.5. The Morgan fingerprint density at radius 3 is 2.31 bits per heavy atom. The number of carbonyl (C=O) groups is 2. The molecule has 4 N–H and O–H groups in total. The van der Waals surface area contributed by atoms with Crippen molar-refractivity contribution in [3.63, 3.8) is 0 Å². The predicted molar refractivity (Wildman–Crippen MR) is 149 cm³/mol. The van der Waals surface area contributed by atoms with E-state index in [-0.39, 0.29) is 17.3 Å². The maximum Gasteiger partial charge on any atom is 0.322 e. The number of hydrogen-bond donors (Lipinski definition) is 4. The molecule has 4 aromatic rings. The average Bonchev–Trinajstić information content (AvgIpc) is 2.93. The van der Waals surface area contributed by atoms with Crippen molar-refractivity contribution in [2.24, 2.45) is 0 Å². The molecule has 9 nitrogen and oxygen atoms in total. The van der Waals surface area contributed by atoms with Gasteiger partial charge in [0.1, 0.15) is 6.04 Å². The molecule has 11 heteroatoms. The van der Waals surface area contributed by atoms with E-state index < -0.39 is 22.0 Å². The molecule has 0 aliphatic carbocycles. The number of nitrogens with zero attached hydrogens (tertiary/aromatic N) is 1. The number of pyridine rings is 1. The molecule has 4 rings (SSSR count).